The molecule has 4 heterocycles. The minimum absolute atomic E-state index is 0.0275. The average Bonchev–Trinajstić information content (AvgIpc) is 3.86. The van der Waals surface area contributed by atoms with Crippen LogP contribution in [0.4, 0.5) is 13.2 Å². The molecule has 9 rings (SSSR count). The molecule has 0 unspecified atom stereocenters. The average molecular weight is 711 g/mol. The van der Waals surface area contributed by atoms with Crippen LogP contribution in [0.25, 0.3) is 67.1 Å². The molecular weight excluding hydrogens is 670 g/mol. The molecule has 0 saturated carbocycles. The molecule has 0 aliphatic heterocycles. The largest absolute Gasteiger partial charge is 0.393 e. The molecule has 0 aliphatic carbocycles. The number of aromatic nitrogens is 6. The Balaban J connectivity index is 1.23. The van der Waals surface area contributed by atoms with E-state index in [-0.39, 0.29) is 18.3 Å². The van der Waals surface area contributed by atoms with Crippen molar-refractivity contribution < 1.29 is 13.2 Å². The van der Waals surface area contributed by atoms with E-state index in [1.807, 2.05) is 30.3 Å². The van der Waals surface area contributed by atoms with E-state index >= 15 is 0 Å². The Kier molecular flexibility index (Phi) is 7.36. The third-order valence-corrected chi connectivity index (χ3v) is 10.9. The summed E-state index contributed by atoms with van der Waals surface area (Å²) >= 11 is 0. The normalized spacial score (nSPS) is 13.2. The van der Waals surface area contributed by atoms with E-state index in [1.54, 1.807) is 0 Å². The molecule has 0 aliphatic rings. The third-order valence-electron chi connectivity index (χ3n) is 10.9. The Morgan fingerprint density at radius 2 is 0.906 bits per heavy atom. The molecule has 0 saturated heterocycles. The number of alkyl halides is 3. The summed E-state index contributed by atoms with van der Waals surface area (Å²) in [6, 6.07) is 37.4. The zero-order valence-electron chi connectivity index (χ0n) is 30.5. The highest BCUT2D eigenvalue weighted by molar-refractivity contribution is 5.95. The molecule has 4 aromatic heterocycles. The number of rotatable bonds is 7. The highest BCUT2D eigenvalue weighted by atomic mass is 19.4. The predicted octanol–water partition coefficient (Wildman–Crippen LogP) is 11.7. The molecule has 0 spiro atoms. The Labute approximate surface area is 305 Å². The minimum atomic E-state index is -4.29. The van der Waals surface area contributed by atoms with Crippen molar-refractivity contribution in [1.82, 2.24) is 27.9 Å². The SMILES string of the molecule is CC(C)(C)CCc1cccc2c1nc1n(-c3cccc(-n4c5ccccc5n5c6cccc(CCC(C)(C)C(F)(F)F)c6nc45)c3)c3ccccc3n21. The zero-order chi connectivity index (χ0) is 36.9. The van der Waals surface area contributed by atoms with Crippen LogP contribution in [0, 0.1) is 10.8 Å². The Bertz CT molecular complexity index is 2850. The number of para-hydroxylation sites is 6. The van der Waals surface area contributed by atoms with E-state index in [0.29, 0.717) is 5.78 Å². The van der Waals surface area contributed by atoms with Crippen LogP contribution in [0.3, 0.4) is 0 Å². The maximum atomic E-state index is 13.8. The molecule has 9 aromatic rings. The fourth-order valence-electron chi connectivity index (χ4n) is 7.75. The third kappa shape index (κ3) is 5.31. The monoisotopic (exact) mass is 710 g/mol. The van der Waals surface area contributed by atoms with E-state index in [2.05, 4.69) is 118 Å². The van der Waals surface area contributed by atoms with Gasteiger partial charge in [0.25, 0.3) is 0 Å². The summed E-state index contributed by atoms with van der Waals surface area (Å²) < 4.78 is 50.2. The number of fused-ring (bicyclic) bond motifs is 10. The molecule has 5 aromatic carbocycles. The maximum absolute atomic E-state index is 13.8. The van der Waals surface area contributed by atoms with Gasteiger partial charge in [0.2, 0.25) is 11.6 Å². The lowest BCUT2D eigenvalue weighted by Gasteiger charge is -2.27. The molecule has 0 fully saturated rings. The summed E-state index contributed by atoms with van der Waals surface area (Å²) in [5.74, 6) is 1.56. The summed E-state index contributed by atoms with van der Waals surface area (Å²) in [6.07, 6.45) is -2.03. The number of benzene rings is 5. The molecule has 0 radical (unpaired) electrons. The quantitative estimate of drug-likeness (QED) is 0.165. The number of nitrogens with zero attached hydrogens (tertiary/aromatic N) is 6. The van der Waals surface area contributed by atoms with Crippen molar-refractivity contribution >= 4 is 55.7 Å². The van der Waals surface area contributed by atoms with E-state index < -0.39 is 11.6 Å². The summed E-state index contributed by atoms with van der Waals surface area (Å²) in [6.45, 7) is 9.36. The van der Waals surface area contributed by atoms with Crippen LogP contribution in [0.15, 0.2) is 109 Å². The predicted molar refractivity (Wildman–Crippen MR) is 209 cm³/mol. The molecule has 0 bridgehead atoms. The molecule has 268 valence electrons. The first-order chi connectivity index (χ1) is 25.3. The van der Waals surface area contributed by atoms with E-state index in [9.17, 15) is 13.2 Å². The summed E-state index contributed by atoms with van der Waals surface area (Å²) in [5, 5.41) is 0. The molecule has 6 nitrogen and oxygen atoms in total. The van der Waals surface area contributed by atoms with Crippen molar-refractivity contribution in [3.63, 3.8) is 0 Å². The van der Waals surface area contributed by atoms with Gasteiger partial charge < -0.3 is 0 Å². The van der Waals surface area contributed by atoms with Crippen molar-refractivity contribution in [2.45, 2.75) is 66.5 Å². The summed E-state index contributed by atoms with van der Waals surface area (Å²) in [7, 11) is 0. The lowest BCUT2D eigenvalue weighted by atomic mass is 9.85. The van der Waals surface area contributed by atoms with Gasteiger partial charge in [0.1, 0.15) is 0 Å². The van der Waals surface area contributed by atoms with Crippen molar-refractivity contribution in [1.29, 1.82) is 0 Å². The Hall–Kier alpha value is -5.57. The molecule has 53 heavy (non-hydrogen) atoms. The highest BCUT2D eigenvalue weighted by Gasteiger charge is 2.46. The Morgan fingerprint density at radius 3 is 1.36 bits per heavy atom. The summed E-state index contributed by atoms with van der Waals surface area (Å²) in [5.41, 5.74) is 10.1. The number of aryl methyl sites for hydroxylation is 2. The minimum Gasteiger partial charge on any atom is -0.278 e. The number of hydrogen-bond donors (Lipinski definition) is 0. The summed E-state index contributed by atoms with van der Waals surface area (Å²) in [4.78, 5) is 10.5. The van der Waals surface area contributed by atoms with Gasteiger partial charge in [0.05, 0.1) is 60.9 Å². The molecule has 0 atom stereocenters. The maximum Gasteiger partial charge on any atom is 0.393 e. The lowest BCUT2D eigenvalue weighted by molar-refractivity contribution is -0.213. The van der Waals surface area contributed by atoms with Gasteiger partial charge in [-0.15, -0.1) is 0 Å². The van der Waals surface area contributed by atoms with Gasteiger partial charge in [-0.05, 0) is 96.8 Å². The van der Waals surface area contributed by atoms with Crippen LogP contribution in [0.1, 0.15) is 58.6 Å². The van der Waals surface area contributed by atoms with Crippen LogP contribution >= 0.6 is 0 Å². The van der Waals surface area contributed by atoms with Crippen molar-refractivity contribution in [2.75, 3.05) is 0 Å². The van der Waals surface area contributed by atoms with Crippen LogP contribution in [-0.4, -0.2) is 34.1 Å². The number of imidazole rings is 4. The lowest BCUT2D eigenvalue weighted by Crippen LogP contribution is -2.32. The molecule has 0 amide bonds. The topological polar surface area (TPSA) is 44.5 Å². The fraction of sp³-hybridized carbons (Fsp3) is 0.273. The van der Waals surface area contributed by atoms with Crippen LogP contribution < -0.4 is 0 Å². The van der Waals surface area contributed by atoms with Gasteiger partial charge in [-0.1, -0.05) is 89.2 Å². The van der Waals surface area contributed by atoms with Crippen LogP contribution in [0.5, 0.6) is 0 Å². The first-order valence-electron chi connectivity index (χ1n) is 18.3. The van der Waals surface area contributed by atoms with Gasteiger partial charge in [0.15, 0.2) is 0 Å². The van der Waals surface area contributed by atoms with E-state index in [4.69, 9.17) is 9.97 Å². The second-order valence-electron chi connectivity index (χ2n) is 16.2. The second kappa shape index (κ2) is 11.7. The highest BCUT2D eigenvalue weighted by Crippen LogP contribution is 2.42. The van der Waals surface area contributed by atoms with E-state index in [0.717, 1.165) is 79.7 Å². The second-order valence-corrected chi connectivity index (χ2v) is 16.2. The van der Waals surface area contributed by atoms with Crippen molar-refractivity contribution in [2.24, 2.45) is 10.8 Å². The standard InChI is InChI=1S/C44H41F3N6/c1-42(2,3)25-23-28-13-10-21-36-38(28)48-40-50(32-17-6-8-19-34(32)52(36)40)30-15-12-16-31(27-30)51-33-18-7-9-20-35(33)53-37-22-11-14-29(39(37)49-41(51)53)24-26-43(4,5)44(45,46)47/h6-22,27H,23-26H2,1-5H3. The smallest absolute Gasteiger partial charge is 0.278 e. The van der Waals surface area contributed by atoms with Crippen molar-refractivity contribution in [3.05, 3.63) is 120 Å². The molecule has 0 N–H and O–H groups in total. The number of halogens is 3. The van der Waals surface area contributed by atoms with Gasteiger partial charge >= 0.3 is 6.18 Å². The molecule has 9 heteroatoms. The first-order valence-corrected chi connectivity index (χ1v) is 18.3. The van der Waals surface area contributed by atoms with Crippen molar-refractivity contribution in [3.8, 4) is 11.4 Å². The van der Waals surface area contributed by atoms with Crippen LogP contribution in [-0.2, 0) is 12.8 Å². The molecular formula is C44H41F3N6. The Morgan fingerprint density at radius 1 is 0.491 bits per heavy atom. The zero-order valence-corrected chi connectivity index (χ0v) is 30.5. The van der Waals surface area contributed by atoms with Gasteiger partial charge in [-0.25, -0.2) is 9.97 Å². The van der Waals surface area contributed by atoms with Crippen LogP contribution in [0.2, 0.25) is 0 Å². The van der Waals surface area contributed by atoms with Gasteiger partial charge in [0, 0.05) is 0 Å². The van der Waals surface area contributed by atoms with E-state index in [1.165, 1.54) is 19.4 Å². The number of hydrogen-bond acceptors (Lipinski definition) is 2. The fourth-order valence-corrected chi connectivity index (χ4v) is 7.75. The first kappa shape index (κ1) is 33.3. The van der Waals surface area contributed by atoms with Gasteiger partial charge in [-0.2, -0.15) is 13.2 Å². The van der Waals surface area contributed by atoms with Gasteiger partial charge in [-0.3, -0.25) is 17.9 Å².